The molecule has 5 heteroatoms. The molecule has 232 valence electrons. The number of pyridine rings is 1. The minimum atomic E-state index is 0. The standard InChI is InChI=1S/C41H36N3O.Pt/c1-24(2)31-18-19-35-39(37(31)30-17-16-26(4)34(23-30)32-14-9-11-29-12-10-20-42-38(29)32)43-41(33-13-7-8-15-36(33)45)44(35)40-27(5)21-25(3)22-28(40)6;/h7-22,24,45H,1-6H3;/q-1;. The van der Waals surface area contributed by atoms with Crippen molar-refractivity contribution in [2.45, 2.75) is 47.5 Å². The predicted molar refractivity (Wildman–Crippen MR) is 186 cm³/mol. The van der Waals surface area contributed by atoms with Crippen molar-refractivity contribution in [3.63, 3.8) is 0 Å². The number of aromatic nitrogens is 3. The van der Waals surface area contributed by atoms with E-state index in [2.05, 4.69) is 113 Å². The first kappa shape index (κ1) is 31.5. The van der Waals surface area contributed by atoms with E-state index in [0.29, 0.717) is 11.4 Å². The molecule has 0 spiro atoms. The van der Waals surface area contributed by atoms with Gasteiger partial charge >= 0.3 is 0 Å². The Bertz CT molecular complexity index is 2240. The molecule has 0 aliphatic heterocycles. The second-order valence-electron chi connectivity index (χ2n) is 12.4. The van der Waals surface area contributed by atoms with Crippen LogP contribution in [0.4, 0.5) is 0 Å². The molecule has 1 N–H and O–H groups in total. The van der Waals surface area contributed by atoms with Gasteiger partial charge in [-0.05, 0) is 67.5 Å². The number of rotatable bonds is 5. The topological polar surface area (TPSA) is 50.9 Å². The van der Waals surface area contributed by atoms with Crippen LogP contribution in [0.2, 0.25) is 0 Å². The summed E-state index contributed by atoms with van der Waals surface area (Å²) in [7, 11) is 0. The summed E-state index contributed by atoms with van der Waals surface area (Å²) in [4.78, 5) is 10.1. The molecular weight excluding hydrogens is 746 g/mol. The largest absolute Gasteiger partial charge is 0.507 e. The fourth-order valence-electron chi connectivity index (χ4n) is 6.82. The number of phenolic OH excluding ortho intramolecular Hbond substituents is 1. The first-order chi connectivity index (χ1) is 21.7. The molecule has 0 saturated heterocycles. The van der Waals surface area contributed by atoms with Gasteiger partial charge in [0.1, 0.15) is 11.6 Å². The van der Waals surface area contributed by atoms with Crippen LogP contribution in [0, 0.1) is 33.8 Å². The van der Waals surface area contributed by atoms with Crippen molar-refractivity contribution in [2.75, 3.05) is 0 Å². The number of aryl methyl sites for hydroxylation is 4. The van der Waals surface area contributed by atoms with E-state index in [-0.39, 0.29) is 32.7 Å². The maximum Gasteiger partial charge on any atom is 0.148 e. The third-order valence-corrected chi connectivity index (χ3v) is 8.81. The molecule has 4 nitrogen and oxygen atoms in total. The first-order valence-corrected chi connectivity index (χ1v) is 15.5. The third kappa shape index (κ3) is 5.25. The van der Waals surface area contributed by atoms with Crippen LogP contribution in [0.5, 0.6) is 5.75 Å². The van der Waals surface area contributed by atoms with E-state index in [9.17, 15) is 5.11 Å². The van der Waals surface area contributed by atoms with E-state index in [4.69, 9.17) is 9.97 Å². The molecule has 0 fully saturated rings. The Morgan fingerprint density at radius 1 is 0.739 bits per heavy atom. The SMILES string of the molecule is Cc1cc(C)c(-n2c(-c3ccccc3O)nc3c(-c4[c-]c(-c5cccc6cccnc56)c(C)cc4)c(C(C)C)ccc32)c(C)c1.[Pt]. The van der Waals surface area contributed by atoms with Gasteiger partial charge in [0.25, 0.3) is 0 Å². The van der Waals surface area contributed by atoms with E-state index in [1.54, 1.807) is 6.07 Å². The molecule has 0 aliphatic carbocycles. The van der Waals surface area contributed by atoms with Crippen LogP contribution in [0.25, 0.3) is 61.3 Å². The molecule has 0 bridgehead atoms. The number of aromatic hydroxyl groups is 1. The van der Waals surface area contributed by atoms with Crippen molar-refractivity contribution >= 4 is 21.9 Å². The Morgan fingerprint density at radius 3 is 2.20 bits per heavy atom. The minimum absolute atomic E-state index is 0. The van der Waals surface area contributed by atoms with Crippen LogP contribution in [-0.2, 0) is 21.1 Å². The summed E-state index contributed by atoms with van der Waals surface area (Å²) in [5.74, 6) is 1.17. The quantitative estimate of drug-likeness (QED) is 0.177. The molecule has 5 aromatic carbocycles. The summed E-state index contributed by atoms with van der Waals surface area (Å²) in [6.45, 7) is 13.0. The summed E-state index contributed by atoms with van der Waals surface area (Å²) in [6.07, 6.45) is 1.85. The number of hydrogen-bond donors (Lipinski definition) is 1. The summed E-state index contributed by atoms with van der Waals surface area (Å²) in [5.41, 5.74) is 14.7. The van der Waals surface area contributed by atoms with Crippen LogP contribution < -0.4 is 0 Å². The average Bonchev–Trinajstić information content (AvgIpc) is 3.39. The number of fused-ring (bicyclic) bond motifs is 2. The van der Waals surface area contributed by atoms with Crippen LogP contribution in [0.15, 0.2) is 97.2 Å². The number of phenols is 1. The molecule has 2 aromatic heterocycles. The second kappa shape index (κ2) is 12.3. The van der Waals surface area contributed by atoms with Gasteiger partial charge in [-0.25, -0.2) is 4.98 Å². The Labute approximate surface area is 285 Å². The smallest absolute Gasteiger partial charge is 0.148 e. The van der Waals surface area contributed by atoms with Crippen LogP contribution in [0.3, 0.4) is 0 Å². The normalized spacial score (nSPS) is 11.4. The molecule has 0 aliphatic rings. The fraction of sp³-hybridized carbons (Fsp3) is 0.171. The van der Waals surface area contributed by atoms with Crippen LogP contribution >= 0.6 is 0 Å². The van der Waals surface area contributed by atoms with Crippen molar-refractivity contribution in [2.24, 2.45) is 0 Å². The van der Waals surface area contributed by atoms with E-state index in [1.165, 1.54) is 11.1 Å². The number of para-hydroxylation sites is 2. The van der Waals surface area contributed by atoms with Gasteiger partial charge in [0, 0.05) is 32.8 Å². The fourth-order valence-corrected chi connectivity index (χ4v) is 6.82. The van der Waals surface area contributed by atoms with Gasteiger partial charge < -0.3 is 5.11 Å². The van der Waals surface area contributed by atoms with Gasteiger partial charge in [-0.2, -0.15) is 0 Å². The Morgan fingerprint density at radius 2 is 1.46 bits per heavy atom. The molecule has 0 saturated carbocycles. The average molecular weight is 782 g/mol. The Kier molecular flexibility index (Phi) is 8.44. The molecule has 7 aromatic rings. The van der Waals surface area contributed by atoms with Crippen molar-refractivity contribution < 1.29 is 26.2 Å². The van der Waals surface area contributed by atoms with E-state index < -0.39 is 0 Å². The second-order valence-corrected chi connectivity index (χ2v) is 12.4. The van der Waals surface area contributed by atoms with E-state index in [1.807, 2.05) is 30.5 Å². The molecule has 0 atom stereocenters. The predicted octanol–water partition coefficient (Wildman–Crippen LogP) is 10.4. The van der Waals surface area contributed by atoms with Crippen LogP contribution in [-0.4, -0.2) is 19.6 Å². The summed E-state index contributed by atoms with van der Waals surface area (Å²) in [5, 5.41) is 12.2. The van der Waals surface area contributed by atoms with Crippen molar-refractivity contribution in [1.29, 1.82) is 0 Å². The zero-order chi connectivity index (χ0) is 31.4. The molecule has 2 heterocycles. The monoisotopic (exact) mass is 781 g/mol. The van der Waals surface area contributed by atoms with Crippen molar-refractivity contribution in [1.82, 2.24) is 14.5 Å². The molecule has 0 amide bonds. The molecule has 0 radical (unpaired) electrons. The maximum atomic E-state index is 11.1. The first-order valence-electron chi connectivity index (χ1n) is 15.5. The van der Waals surface area contributed by atoms with Crippen molar-refractivity contribution in [3.05, 3.63) is 131 Å². The molecule has 0 unspecified atom stereocenters. The van der Waals surface area contributed by atoms with Gasteiger partial charge in [0.05, 0.1) is 22.3 Å². The summed E-state index contributed by atoms with van der Waals surface area (Å²) < 4.78 is 2.23. The minimum Gasteiger partial charge on any atom is -0.507 e. The number of benzene rings is 5. The third-order valence-electron chi connectivity index (χ3n) is 8.81. The summed E-state index contributed by atoms with van der Waals surface area (Å²) >= 11 is 0. The number of imidazole rings is 1. The van der Waals surface area contributed by atoms with Gasteiger partial charge in [-0.3, -0.25) is 9.55 Å². The molecule has 7 rings (SSSR count). The van der Waals surface area contributed by atoms with E-state index in [0.717, 1.165) is 66.6 Å². The maximum absolute atomic E-state index is 11.1. The summed E-state index contributed by atoms with van der Waals surface area (Å²) in [6, 6.07) is 34.9. The Balaban J connectivity index is 0.00000372. The molecular formula is C41H36N3OPt-. The van der Waals surface area contributed by atoms with Gasteiger partial charge in [0.15, 0.2) is 0 Å². The zero-order valence-corrected chi connectivity index (χ0v) is 29.2. The van der Waals surface area contributed by atoms with Gasteiger partial charge in [-0.1, -0.05) is 97.6 Å². The van der Waals surface area contributed by atoms with Crippen LogP contribution in [0.1, 0.15) is 47.6 Å². The van der Waals surface area contributed by atoms with Gasteiger partial charge in [-0.15, -0.1) is 34.9 Å². The Hall–Kier alpha value is -4.53. The van der Waals surface area contributed by atoms with Gasteiger partial charge in [0.2, 0.25) is 0 Å². The number of nitrogens with zero attached hydrogens (tertiary/aromatic N) is 3. The van der Waals surface area contributed by atoms with Crippen molar-refractivity contribution in [3.8, 4) is 45.1 Å². The van der Waals surface area contributed by atoms with E-state index >= 15 is 0 Å². The zero-order valence-electron chi connectivity index (χ0n) is 26.9. The molecule has 46 heavy (non-hydrogen) atoms. The number of hydrogen-bond acceptors (Lipinski definition) is 3.